The average Bonchev–Trinajstić information content (AvgIpc) is 2.17. The van der Waals surface area contributed by atoms with E-state index in [0.29, 0.717) is 19.1 Å². The summed E-state index contributed by atoms with van der Waals surface area (Å²) in [4.78, 5) is 15.4. The molecule has 0 fully saturated rings. The number of rotatable bonds is 7. The van der Waals surface area contributed by atoms with Crippen LogP contribution in [-0.2, 0) is 4.79 Å². The summed E-state index contributed by atoms with van der Waals surface area (Å²) in [5.74, 6) is 0.160. The Kier molecular flexibility index (Phi) is 7.34. The summed E-state index contributed by atoms with van der Waals surface area (Å²) < 4.78 is 0. The van der Waals surface area contributed by atoms with E-state index in [1.54, 1.807) is 19.0 Å². The summed E-state index contributed by atoms with van der Waals surface area (Å²) in [6.07, 6.45) is 2.01. The summed E-state index contributed by atoms with van der Waals surface area (Å²) in [6, 6.07) is 0.388. The average molecular weight is 215 g/mol. The number of hydrogen-bond acceptors (Lipinski definition) is 3. The highest BCUT2D eigenvalue weighted by Gasteiger charge is 2.16. The molecule has 2 N–H and O–H groups in total. The van der Waals surface area contributed by atoms with Gasteiger partial charge in [-0.2, -0.15) is 0 Å². The molecular weight excluding hydrogens is 190 g/mol. The second-order valence-electron chi connectivity index (χ2n) is 4.19. The highest BCUT2D eigenvalue weighted by Crippen LogP contribution is 2.04. The van der Waals surface area contributed by atoms with Crippen molar-refractivity contribution in [3.05, 3.63) is 0 Å². The first-order valence-electron chi connectivity index (χ1n) is 5.67. The van der Waals surface area contributed by atoms with Gasteiger partial charge >= 0.3 is 0 Å². The van der Waals surface area contributed by atoms with Gasteiger partial charge in [0.05, 0.1) is 6.54 Å². The molecule has 0 bridgehead atoms. The molecule has 1 amide bonds. The second kappa shape index (κ2) is 7.65. The zero-order valence-corrected chi connectivity index (χ0v) is 10.5. The molecule has 4 nitrogen and oxygen atoms in total. The third-order valence-electron chi connectivity index (χ3n) is 2.56. The fourth-order valence-corrected chi connectivity index (χ4v) is 1.48. The first-order chi connectivity index (χ1) is 7.02. The molecule has 0 aliphatic rings. The van der Waals surface area contributed by atoms with Crippen LogP contribution in [0.15, 0.2) is 0 Å². The van der Waals surface area contributed by atoms with Crippen LogP contribution in [0, 0.1) is 0 Å². The van der Waals surface area contributed by atoms with Crippen molar-refractivity contribution in [1.29, 1.82) is 0 Å². The molecule has 1 unspecified atom stereocenters. The van der Waals surface area contributed by atoms with Gasteiger partial charge in [-0.15, -0.1) is 0 Å². The van der Waals surface area contributed by atoms with Crippen molar-refractivity contribution < 1.29 is 4.79 Å². The lowest BCUT2D eigenvalue weighted by Crippen LogP contribution is -2.42. The lowest BCUT2D eigenvalue weighted by Gasteiger charge is -2.28. The molecule has 90 valence electrons. The molecule has 0 aromatic rings. The summed E-state index contributed by atoms with van der Waals surface area (Å²) in [5.41, 5.74) is 5.53. The van der Waals surface area contributed by atoms with Crippen molar-refractivity contribution in [3.8, 4) is 0 Å². The summed E-state index contributed by atoms with van der Waals surface area (Å²) in [5, 5.41) is 0. The Balaban J connectivity index is 4.19. The fraction of sp³-hybridized carbons (Fsp3) is 0.909. The SMILES string of the molecule is CCCN(CC(=O)N(C)C)C(C)CCN. The van der Waals surface area contributed by atoms with E-state index >= 15 is 0 Å². The summed E-state index contributed by atoms with van der Waals surface area (Å²) >= 11 is 0. The number of amides is 1. The smallest absolute Gasteiger partial charge is 0.236 e. The van der Waals surface area contributed by atoms with Gasteiger partial charge in [0.25, 0.3) is 0 Å². The predicted molar refractivity (Wildman–Crippen MR) is 63.7 cm³/mol. The maximum Gasteiger partial charge on any atom is 0.236 e. The molecule has 0 saturated heterocycles. The van der Waals surface area contributed by atoms with E-state index in [9.17, 15) is 4.79 Å². The fourth-order valence-electron chi connectivity index (χ4n) is 1.48. The molecule has 0 spiro atoms. The van der Waals surface area contributed by atoms with E-state index in [2.05, 4.69) is 18.7 Å². The maximum atomic E-state index is 11.6. The minimum absolute atomic E-state index is 0.160. The molecule has 0 aliphatic heterocycles. The standard InChI is InChI=1S/C11H25N3O/c1-5-8-14(10(2)6-7-12)9-11(15)13(3)4/h10H,5-9,12H2,1-4H3. The van der Waals surface area contributed by atoms with E-state index < -0.39 is 0 Å². The maximum absolute atomic E-state index is 11.6. The van der Waals surface area contributed by atoms with E-state index in [1.165, 1.54) is 0 Å². The second-order valence-corrected chi connectivity index (χ2v) is 4.19. The van der Waals surface area contributed by atoms with Crippen molar-refractivity contribution in [2.24, 2.45) is 5.73 Å². The molecule has 1 atom stereocenters. The van der Waals surface area contributed by atoms with Gasteiger partial charge < -0.3 is 10.6 Å². The third kappa shape index (κ3) is 5.74. The van der Waals surface area contributed by atoms with Gasteiger partial charge in [0.2, 0.25) is 5.91 Å². The zero-order valence-electron chi connectivity index (χ0n) is 10.5. The predicted octanol–water partition coefficient (Wildman–Crippen LogP) is 0.524. The van der Waals surface area contributed by atoms with E-state index in [-0.39, 0.29) is 5.91 Å². The van der Waals surface area contributed by atoms with Crippen LogP contribution in [-0.4, -0.2) is 55.5 Å². The number of nitrogens with zero attached hydrogens (tertiary/aromatic N) is 2. The number of nitrogens with two attached hydrogens (primary N) is 1. The Bertz CT molecular complexity index is 183. The quantitative estimate of drug-likeness (QED) is 0.674. The molecule has 0 rings (SSSR count). The normalized spacial score (nSPS) is 12.9. The molecule has 0 radical (unpaired) electrons. The summed E-state index contributed by atoms with van der Waals surface area (Å²) in [7, 11) is 3.58. The molecule has 4 heteroatoms. The topological polar surface area (TPSA) is 49.6 Å². The van der Waals surface area contributed by atoms with Crippen LogP contribution in [0.5, 0.6) is 0 Å². The number of hydrogen-bond donors (Lipinski definition) is 1. The van der Waals surface area contributed by atoms with Gasteiger partial charge in [-0.25, -0.2) is 0 Å². The van der Waals surface area contributed by atoms with Crippen LogP contribution in [0.1, 0.15) is 26.7 Å². The molecule has 0 heterocycles. The monoisotopic (exact) mass is 215 g/mol. The van der Waals surface area contributed by atoms with Gasteiger partial charge in [-0.05, 0) is 32.9 Å². The van der Waals surface area contributed by atoms with E-state index in [4.69, 9.17) is 5.73 Å². The molecule has 0 aromatic carbocycles. The van der Waals surface area contributed by atoms with Crippen molar-refractivity contribution in [2.45, 2.75) is 32.7 Å². The first-order valence-corrected chi connectivity index (χ1v) is 5.67. The Morgan fingerprint density at radius 2 is 2.00 bits per heavy atom. The van der Waals surface area contributed by atoms with Crippen LogP contribution in [0.2, 0.25) is 0 Å². The van der Waals surface area contributed by atoms with Gasteiger partial charge in [0, 0.05) is 20.1 Å². The Labute approximate surface area is 93.4 Å². The van der Waals surface area contributed by atoms with Gasteiger partial charge in [-0.3, -0.25) is 9.69 Å². The molecular formula is C11H25N3O. The minimum Gasteiger partial charge on any atom is -0.348 e. The van der Waals surface area contributed by atoms with E-state index in [0.717, 1.165) is 19.4 Å². The third-order valence-corrected chi connectivity index (χ3v) is 2.56. The number of likely N-dealkylation sites (N-methyl/N-ethyl adjacent to an activating group) is 1. The van der Waals surface area contributed by atoms with Crippen molar-refractivity contribution in [2.75, 3.05) is 33.7 Å². The van der Waals surface area contributed by atoms with Crippen molar-refractivity contribution in [3.63, 3.8) is 0 Å². The van der Waals surface area contributed by atoms with Crippen LogP contribution >= 0.6 is 0 Å². The number of carbonyl (C=O) groups excluding carboxylic acids is 1. The Morgan fingerprint density at radius 1 is 1.40 bits per heavy atom. The number of carbonyl (C=O) groups is 1. The minimum atomic E-state index is 0.160. The highest BCUT2D eigenvalue weighted by molar-refractivity contribution is 5.77. The lowest BCUT2D eigenvalue weighted by atomic mass is 10.2. The van der Waals surface area contributed by atoms with Crippen LogP contribution in [0.3, 0.4) is 0 Å². The summed E-state index contributed by atoms with van der Waals surface area (Å²) in [6.45, 7) is 6.40. The van der Waals surface area contributed by atoms with Gasteiger partial charge in [0.1, 0.15) is 0 Å². The molecule has 0 aliphatic carbocycles. The van der Waals surface area contributed by atoms with Crippen molar-refractivity contribution >= 4 is 5.91 Å². The van der Waals surface area contributed by atoms with Crippen LogP contribution in [0.4, 0.5) is 0 Å². The molecule has 15 heavy (non-hydrogen) atoms. The van der Waals surface area contributed by atoms with Crippen molar-refractivity contribution in [1.82, 2.24) is 9.80 Å². The zero-order chi connectivity index (χ0) is 11.8. The Morgan fingerprint density at radius 3 is 2.40 bits per heavy atom. The van der Waals surface area contributed by atoms with Crippen LogP contribution in [0.25, 0.3) is 0 Å². The van der Waals surface area contributed by atoms with Gasteiger partial charge in [0.15, 0.2) is 0 Å². The Hall–Kier alpha value is -0.610. The van der Waals surface area contributed by atoms with Crippen LogP contribution < -0.4 is 5.73 Å². The molecule has 0 saturated carbocycles. The lowest BCUT2D eigenvalue weighted by molar-refractivity contribution is -0.130. The van der Waals surface area contributed by atoms with Gasteiger partial charge in [-0.1, -0.05) is 6.92 Å². The highest BCUT2D eigenvalue weighted by atomic mass is 16.2. The first kappa shape index (κ1) is 14.4. The largest absolute Gasteiger partial charge is 0.348 e. The van der Waals surface area contributed by atoms with E-state index in [1.807, 2.05) is 0 Å². The molecule has 0 aromatic heterocycles.